The van der Waals surface area contributed by atoms with Crippen LogP contribution in [0, 0.1) is 0 Å². The summed E-state index contributed by atoms with van der Waals surface area (Å²) in [5.41, 5.74) is 0.408. The van der Waals surface area contributed by atoms with Crippen LogP contribution in [0.4, 0.5) is 13.2 Å². The summed E-state index contributed by atoms with van der Waals surface area (Å²) in [6.45, 7) is 1.96. The van der Waals surface area contributed by atoms with E-state index in [2.05, 4.69) is 4.98 Å². The Kier molecular flexibility index (Phi) is 3.91. The van der Waals surface area contributed by atoms with E-state index in [1.165, 1.54) is 12.1 Å². The number of aromatic nitrogens is 1. The summed E-state index contributed by atoms with van der Waals surface area (Å²) in [6.07, 6.45) is -3.06. The van der Waals surface area contributed by atoms with Gasteiger partial charge >= 0.3 is 12.1 Å². The molecule has 0 amide bonds. The van der Waals surface area contributed by atoms with Gasteiger partial charge in [-0.1, -0.05) is 31.5 Å². The van der Waals surface area contributed by atoms with E-state index in [9.17, 15) is 23.1 Å². The van der Waals surface area contributed by atoms with Crippen molar-refractivity contribution in [2.45, 2.75) is 25.9 Å². The van der Waals surface area contributed by atoms with Gasteiger partial charge in [-0.2, -0.15) is 13.2 Å². The molecular weight excluding hydrogens is 319 g/mol. The number of aryl methyl sites for hydroxylation is 1. The van der Waals surface area contributed by atoms with Gasteiger partial charge in [0.25, 0.3) is 0 Å². The molecule has 2 aromatic carbocycles. The summed E-state index contributed by atoms with van der Waals surface area (Å²) < 4.78 is 38.9. The Hall–Kier alpha value is -2.63. The molecule has 0 saturated heterocycles. The molecule has 3 aromatic rings. The Labute approximate surface area is 135 Å². The number of aromatic carboxylic acids is 1. The first kappa shape index (κ1) is 16.2. The van der Waals surface area contributed by atoms with Crippen molar-refractivity contribution in [3.05, 3.63) is 53.1 Å². The lowest BCUT2D eigenvalue weighted by Gasteiger charge is -2.13. The van der Waals surface area contributed by atoms with E-state index in [1.54, 1.807) is 12.1 Å². The predicted octanol–water partition coefficient (Wildman–Crippen LogP) is 5.06. The number of halogens is 3. The number of hydrogen-bond donors (Lipinski definition) is 1. The fourth-order valence-electron chi connectivity index (χ4n) is 2.92. The molecule has 0 bridgehead atoms. The highest BCUT2D eigenvalue weighted by Crippen LogP contribution is 2.34. The van der Waals surface area contributed by atoms with E-state index in [-0.39, 0.29) is 16.6 Å². The van der Waals surface area contributed by atoms with Gasteiger partial charge in [0.2, 0.25) is 0 Å². The fraction of sp³-hybridized carbons (Fsp3) is 0.222. The van der Waals surface area contributed by atoms with Crippen molar-refractivity contribution in [1.82, 2.24) is 4.98 Å². The molecule has 0 aliphatic heterocycles. The smallest absolute Gasteiger partial charge is 0.416 e. The molecule has 0 aliphatic rings. The van der Waals surface area contributed by atoms with Crippen molar-refractivity contribution in [2.75, 3.05) is 0 Å². The van der Waals surface area contributed by atoms with Crippen LogP contribution in [0.1, 0.15) is 34.8 Å². The molecule has 0 atom stereocenters. The zero-order chi connectivity index (χ0) is 17.5. The normalized spacial score (nSPS) is 12.0. The molecular formula is C18H14F3NO2. The molecule has 0 fully saturated rings. The number of carbonyl (C=O) groups is 1. The third kappa shape index (κ3) is 2.68. The van der Waals surface area contributed by atoms with Gasteiger partial charge in [0.1, 0.15) is 0 Å². The maximum Gasteiger partial charge on any atom is 0.416 e. The van der Waals surface area contributed by atoms with Crippen molar-refractivity contribution >= 4 is 27.8 Å². The van der Waals surface area contributed by atoms with Crippen LogP contribution >= 0.6 is 0 Å². The average molecular weight is 333 g/mol. The van der Waals surface area contributed by atoms with Gasteiger partial charge in [-0.05, 0) is 30.2 Å². The highest BCUT2D eigenvalue weighted by Gasteiger charge is 2.31. The van der Waals surface area contributed by atoms with E-state index in [0.29, 0.717) is 17.2 Å². The Morgan fingerprint density at radius 3 is 2.54 bits per heavy atom. The van der Waals surface area contributed by atoms with Gasteiger partial charge in [-0.3, -0.25) is 0 Å². The summed E-state index contributed by atoms with van der Waals surface area (Å²) >= 11 is 0. The van der Waals surface area contributed by atoms with Crippen molar-refractivity contribution in [3.63, 3.8) is 0 Å². The molecule has 1 heterocycles. The van der Waals surface area contributed by atoms with Gasteiger partial charge in [-0.15, -0.1) is 0 Å². The minimum atomic E-state index is -4.47. The Bertz CT molecular complexity index is 948. The van der Waals surface area contributed by atoms with E-state index in [4.69, 9.17) is 0 Å². The number of nitrogens with zero attached hydrogens (tertiary/aromatic N) is 1. The first-order chi connectivity index (χ1) is 11.3. The number of benzene rings is 2. The second kappa shape index (κ2) is 5.78. The van der Waals surface area contributed by atoms with Crippen molar-refractivity contribution in [2.24, 2.45) is 0 Å². The van der Waals surface area contributed by atoms with Gasteiger partial charge in [0, 0.05) is 10.8 Å². The average Bonchev–Trinajstić information content (AvgIpc) is 2.52. The van der Waals surface area contributed by atoms with Crippen molar-refractivity contribution in [3.8, 4) is 0 Å². The lowest BCUT2D eigenvalue weighted by molar-refractivity contribution is -0.137. The highest BCUT2D eigenvalue weighted by atomic mass is 19.4. The summed E-state index contributed by atoms with van der Waals surface area (Å²) in [5, 5.41) is 10.6. The molecule has 1 aromatic heterocycles. The molecule has 24 heavy (non-hydrogen) atoms. The van der Waals surface area contributed by atoms with Crippen molar-refractivity contribution in [1.29, 1.82) is 0 Å². The molecule has 6 heteroatoms. The van der Waals surface area contributed by atoms with Gasteiger partial charge in [0.05, 0.1) is 22.2 Å². The standard InChI is InChI=1S/C18H14F3NO2/c1-2-4-11-12-8-7-10(18(19,20)21)9-15(12)22-16-13(11)5-3-6-14(16)17(23)24/h3,5-9H,2,4H2,1H3,(H,23,24). The Morgan fingerprint density at radius 2 is 1.92 bits per heavy atom. The number of hydrogen-bond acceptors (Lipinski definition) is 2. The van der Waals surface area contributed by atoms with Gasteiger partial charge in [-0.25, -0.2) is 9.78 Å². The van der Waals surface area contributed by atoms with Crippen LogP contribution < -0.4 is 0 Å². The van der Waals surface area contributed by atoms with E-state index >= 15 is 0 Å². The lowest BCUT2D eigenvalue weighted by atomic mass is 9.96. The third-order valence-electron chi connectivity index (χ3n) is 3.97. The molecule has 124 valence electrons. The van der Waals surface area contributed by atoms with Crippen LogP contribution in [-0.4, -0.2) is 16.1 Å². The summed E-state index contributed by atoms with van der Waals surface area (Å²) in [4.78, 5) is 15.7. The molecule has 0 radical (unpaired) electrons. The van der Waals surface area contributed by atoms with Crippen LogP contribution in [-0.2, 0) is 12.6 Å². The van der Waals surface area contributed by atoms with E-state index in [0.717, 1.165) is 24.1 Å². The third-order valence-corrected chi connectivity index (χ3v) is 3.97. The second-order valence-corrected chi connectivity index (χ2v) is 5.58. The minimum absolute atomic E-state index is 0.0100. The maximum absolute atomic E-state index is 13.0. The Morgan fingerprint density at radius 1 is 1.17 bits per heavy atom. The number of alkyl halides is 3. The van der Waals surface area contributed by atoms with E-state index < -0.39 is 17.7 Å². The first-order valence-corrected chi connectivity index (χ1v) is 7.48. The summed E-state index contributed by atoms with van der Waals surface area (Å²) in [6, 6.07) is 8.23. The lowest BCUT2D eigenvalue weighted by Crippen LogP contribution is -2.06. The number of para-hydroxylation sites is 1. The number of rotatable bonds is 3. The topological polar surface area (TPSA) is 50.2 Å². The maximum atomic E-state index is 13.0. The second-order valence-electron chi connectivity index (χ2n) is 5.58. The van der Waals surface area contributed by atoms with Crippen LogP contribution in [0.15, 0.2) is 36.4 Å². The molecule has 0 unspecified atom stereocenters. The SMILES string of the molecule is CCCc1c2ccc(C(F)(F)F)cc2nc2c(C(=O)O)cccc12. The number of fused-ring (bicyclic) bond motifs is 2. The fourth-order valence-corrected chi connectivity index (χ4v) is 2.92. The molecule has 3 nitrogen and oxygen atoms in total. The first-order valence-electron chi connectivity index (χ1n) is 7.48. The number of pyridine rings is 1. The molecule has 3 rings (SSSR count). The Balaban J connectivity index is 2.44. The van der Waals surface area contributed by atoms with Crippen LogP contribution in [0.2, 0.25) is 0 Å². The number of carboxylic acids is 1. The molecule has 1 N–H and O–H groups in total. The number of carboxylic acid groups (broad SMARTS) is 1. The van der Waals surface area contributed by atoms with Crippen LogP contribution in [0.25, 0.3) is 21.8 Å². The monoisotopic (exact) mass is 333 g/mol. The van der Waals surface area contributed by atoms with Crippen molar-refractivity contribution < 1.29 is 23.1 Å². The molecule has 0 aliphatic carbocycles. The van der Waals surface area contributed by atoms with Crippen LogP contribution in [0.5, 0.6) is 0 Å². The van der Waals surface area contributed by atoms with E-state index in [1.807, 2.05) is 6.92 Å². The van der Waals surface area contributed by atoms with Crippen LogP contribution in [0.3, 0.4) is 0 Å². The largest absolute Gasteiger partial charge is 0.478 e. The zero-order valence-corrected chi connectivity index (χ0v) is 12.8. The molecule has 0 spiro atoms. The molecule has 0 saturated carbocycles. The van der Waals surface area contributed by atoms with Gasteiger partial charge in [0.15, 0.2) is 0 Å². The quantitative estimate of drug-likeness (QED) is 0.682. The minimum Gasteiger partial charge on any atom is -0.478 e. The summed E-state index contributed by atoms with van der Waals surface area (Å²) in [7, 11) is 0. The summed E-state index contributed by atoms with van der Waals surface area (Å²) in [5.74, 6) is -1.15. The predicted molar refractivity (Wildman–Crippen MR) is 85.2 cm³/mol. The zero-order valence-electron chi connectivity index (χ0n) is 12.8. The van der Waals surface area contributed by atoms with Gasteiger partial charge < -0.3 is 5.11 Å². The highest BCUT2D eigenvalue weighted by molar-refractivity contribution is 6.07.